The molecular weight excluding hydrogens is 428 g/mol. The van der Waals surface area contributed by atoms with E-state index in [1.165, 1.54) is 5.39 Å². The van der Waals surface area contributed by atoms with Gasteiger partial charge in [0.05, 0.1) is 17.7 Å². The standard InChI is InChI=1S/C27H36N4O3/c1-2-34-27(33)22-10-4-6-12-24(22)29-26(32)13-7-8-16-30-17-19-31(20-18-30)25-15-14-21-9-3-5-11-23(21)28-25/h3,5,9,11,14-15H,2,4,6-8,10,12-13,16-20H2,1H3,(H,29,32). The van der Waals surface area contributed by atoms with E-state index in [4.69, 9.17) is 9.72 Å². The van der Waals surface area contributed by atoms with Crippen molar-refractivity contribution in [3.05, 3.63) is 47.7 Å². The maximum absolute atomic E-state index is 12.5. The smallest absolute Gasteiger partial charge is 0.335 e. The van der Waals surface area contributed by atoms with Crippen molar-refractivity contribution in [3.63, 3.8) is 0 Å². The highest BCUT2D eigenvalue weighted by Crippen LogP contribution is 2.24. The lowest BCUT2D eigenvalue weighted by atomic mass is 9.96. The molecular formula is C27H36N4O3. The molecule has 2 heterocycles. The largest absolute Gasteiger partial charge is 0.463 e. The Hall–Kier alpha value is -2.93. The number of pyridine rings is 1. The number of nitrogens with one attached hydrogen (secondary N) is 1. The Morgan fingerprint density at radius 2 is 1.79 bits per heavy atom. The Bertz CT molecular complexity index is 1030. The summed E-state index contributed by atoms with van der Waals surface area (Å²) >= 11 is 0. The van der Waals surface area contributed by atoms with Gasteiger partial charge in [0.2, 0.25) is 5.91 Å². The Morgan fingerprint density at radius 1 is 1.00 bits per heavy atom. The third-order valence-corrected chi connectivity index (χ3v) is 6.69. The maximum Gasteiger partial charge on any atom is 0.335 e. The van der Waals surface area contributed by atoms with E-state index in [9.17, 15) is 9.59 Å². The minimum Gasteiger partial charge on any atom is -0.463 e. The van der Waals surface area contributed by atoms with Gasteiger partial charge in [-0.2, -0.15) is 0 Å². The van der Waals surface area contributed by atoms with Crippen LogP contribution in [0.5, 0.6) is 0 Å². The second-order valence-corrected chi connectivity index (χ2v) is 9.08. The second kappa shape index (κ2) is 12.0. The zero-order valence-electron chi connectivity index (χ0n) is 20.2. The van der Waals surface area contributed by atoms with Crippen molar-refractivity contribution in [1.29, 1.82) is 0 Å². The summed E-state index contributed by atoms with van der Waals surface area (Å²) in [5.41, 5.74) is 2.47. The fraction of sp³-hybridized carbons (Fsp3) is 0.519. The molecule has 1 amide bonds. The fourth-order valence-corrected chi connectivity index (χ4v) is 4.77. The molecule has 0 radical (unpaired) electrons. The van der Waals surface area contributed by atoms with Crippen LogP contribution in [0.15, 0.2) is 47.7 Å². The second-order valence-electron chi connectivity index (χ2n) is 9.08. The van der Waals surface area contributed by atoms with Crippen molar-refractivity contribution in [2.24, 2.45) is 0 Å². The van der Waals surface area contributed by atoms with E-state index in [0.717, 1.165) is 81.9 Å². The Morgan fingerprint density at radius 3 is 2.62 bits per heavy atom. The van der Waals surface area contributed by atoms with Crippen LogP contribution in [0.25, 0.3) is 10.9 Å². The summed E-state index contributed by atoms with van der Waals surface area (Å²) in [6.07, 6.45) is 5.73. The van der Waals surface area contributed by atoms with Crippen molar-refractivity contribution >= 4 is 28.6 Å². The molecule has 1 aliphatic carbocycles. The van der Waals surface area contributed by atoms with Crippen LogP contribution in [0, 0.1) is 0 Å². The number of hydrogen-bond acceptors (Lipinski definition) is 6. The molecule has 1 aliphatic heterocycles. The number of allylic oxidation sites excluding steroid dienone is 1. The van der Waals surface area contributed by atoms with Gasteiger partial charge in [0, 0.05) is 43.7 Å². The van der Waals surface area contributed by atoms with E-state index in [0.29, 0.717) is 25.0 Å². The summed E-state index contributed by atoms with van der Waals surface area (Å²) in [4.78, 5) is 34.3. The fourth-order valence-electron chi connectivity index (χ4n) is 4.77. The van der Waals surface area contributed by atoms with Gasteiger partial charge in [0.1, 0.15) is 5.82 Å². The third kappa shape index (κ3) is 6.35. The first-order valence-electron chi connectivity index (χ1n) is 12.7. The zero-order chi connectivity index (χ0) is 23.8. The first-order valence-corrected chi connectivity index (χ1v) is 12.7. The van der Waals surface area contributed by atoms with Crippen LogP contribution in [-0.4, -0.2) is 61.1 Å². The van der Waals surface area contributed by atoms with Gasteiger partial charge < -0.3 is 15.0 Å². The lowest BCUT2D eigenvalue weighted by Gasteiger charge is -2.35. The molecule has 1 fully saturated rings. The Kier molecular flexibility index (Phi) is 8.52. The lowest BCUT2D eigenvalue weighted by molar-refractivity contribution is -0.138. The first-order chi connectivity index (χ1) is 16.6. The van der Waals surface area contributed by atoms with Crippen LogP contribution in [0.4, 0.5) is 5.82 Å². The summed E-state index contributed by atoms with van der Waals surface area (Å²) in [6.45, 7) is 7.12. The van der Waals surface area contributed by atoms with Crippen molar-refractivity contribution in [3.8, 4) is 0 Å². The van der Waals surface area contributed by atoms with E-state index in [1.807, 2.05) is 12.1 Å². The number of benzene rings is 1. The molecule has 1 saturated heterocycles. The number of para-hydroxylation sites is 1. The van der Waals surface area contributed by atoms with Crippen molar-refractivity contribution in [1.82, 2.24) is 15.2 Å². The van der Waals surface area contributed by atoms with E-state index >= 15 is 0 Å². The monoisotopic (exact) mass is 464 g/mol. The van der Waals surface area contributed by atoms with Gasteiger partial charge in [-0.1, -0.05) is 18.2 Å². The lowest BCUT2D eigenvalue weighted by Crippen LogP contribution is -2.46. The van der Waals surface area contributed by atoms with E-state index < -0.39 is 0 Å². The van der Waals surface area contributed by atoms with Crippen molar-refractivity contribution in [2.45, 2.75) is 51.9 Å². The van der Waals surface area contributed by atoms with Gasteiger partial charge in [-0.05, 0) is 70.2 Å². The van der Waals surface area contributed by atoms with Gasteiger partial charge in [-0.3, -0.25) is 9.69 Å². The number of hydrogen-bond donors (Lipinski definition) is 1. The molecule has 4 rings (SSSR count). The predicted molar refractivity (Wildman–Crippen MR) is 135 cm³/mol. The normalized spacial score (nSPS) is 17.1. The van der Waals surface area contributed by atoms with Crippen LogP contribution in [0.1, 0.15) is 51.9 Å². The van der Waals surface area contributed by atoms with E-state index in [-0.39, 0.29) is 11.9 Å². The molecule has 0 spiro atoms. The van der Waals surface area contributed by atoms with Crippen molar-refractivity contribution in [2.75, 3.05) is 44.2 Å². The van der Waals surface area contributed by atoms with E-state index in [1.54, 1.807) is 6.92 Å². The van der Waals surface area contributed by atoms with Gasteiger partial charge >= 0.3 is 5.97 Å². The number of unbranched alkanes of at least 4 members (excludes halogenated alkanes) is 1. The number of piperazine rings is 1. The molecule has 2 aliphatic rings. The van der Waals surface area contributed by atoms with Crippen LogP contribution in [-0.2, 0) is 14.3 Å². The molecule has 0 saturated carbocycles. The SMILES string of the molecule is CCOC(=O)C1=C(NC(=O)CCCCN2CCN(c3ccc4ccccc4n3)CC2)CCCC1. The van der Waals surface area contributed by atoms with Gasteiger partial charge in [-0.15, -0.1) is 0 Å². The number of amides is 1. The number of anilines is 1. The summed E-state index contributed by atoms with van der Waals surface area (Å²) < 4.78 is 5.15. The molecule has 2 aromatic rings. The highest BCUT2D eigenvalue weighted by Gasteiger charge is 2.22. The molecule has 1 aromatic heterocycles. The number of nitrogens with zero attached hydrogens (tertiary/aromatic N) is 3. The molecule has 7 heteroatoms. The number of carbonyl (C=O) groups excluding carboxylic acids is 2. The molecule has 34 heavy (non-hydrogen) atoms. The third-order valence-electron chi connectivity index (χ3n) is 6.69. The van der Waals surface area contributed by atoms with Gasteiger partial charge in [-0.25, -0.2) is 9.78 Å². The summed E-state index contributed by atoms with van der Waals surface area (Å²) in [7, 11) is 0. The van der Waals surface area contributed by atoms with Crippen LogP contribution >= 0.6 is 0 Å². The highest BCUT2D eigenvalue weighted by molar-refractivity contribution is 5.91. The van der Waals surface area contributed by atoms with Crippen molar-refractivity contribution < 1.29 is 14.3 Å². The van der Waals surface area contributed by atoms with E-state index in [2.05, 4.69) is 39.4 Å². The number of fused-ring (bicyclic) bond motifs is 1. The number of esters is 1. The molecule has 1 N–H and O–H groups in total. The van der Waals surface area contributed by atoms with Gasteiger partial charge in [0.15, 0.2) is 0 Å². The number of aromatic nitrogens is 1. The average molecular weight is 465 g/mol. The predicted octanol–water partition coefficient (Wildman–Crippen LogP) is 4.03. The van der Waals surface area contributed by atoms with Crippen LogP contribution < -0.4 is 10.2 Å². The van der Waals surface area contributed by atoms with Crippen LogP contribution in [0.2, 0.25) is 0 Å². The zero-order valence-corrected chi connectivity index (χ0v) is 20.2. The first kappa shape index (κ1) is 24.2. The Balaban J connectivity index is 1.17. The summed E-state index contributed by atoms with van der Waals surface area (Å²) in [5, 5.41) is 4.17. The topological polar surface area (TPSA) is 74.8 Å². The minimum absolute atomic E-state index is 0.00546. The molecule has 0 bridgehead atoms. The number of carbonyl (C=O) groups is 2. The average Bonchev–Trinajstić information content (AvgIpc) is 2.87. The van der Waals surface area contributed by atoms with Crippen LogP contribution in [0.3, 0.4) is 0 Å². The molecule has 7 nitrogen and oxygen atoms in total. The molecule has 182 valence electrons. The minimum atomic E-state index is -0.282. The summed E-state index contributed by atoms with van der Waals surface area (Å²) in [6, 6.07) is 12.5. The summed E-state index contributed by atoms with van der Waals surface area (Å²) in [5.74, 6) is 0.774. The molecule has 0 atom stereocenters. The highest BCUT2D eigenvalue weighted by atomic mass is 16.5. The van der Waals surface area contributed by atoms with Gasteiger partial charge in [0.25, 0.3) is 0 Å². The molecule has 1 aromatic carbocycles. The quantitative estimate of drug-likeness (QED) is 0.446. The number of rotatable bonds is 9. The maximum atomic E-state index is 12.5. The molecule has 0 unspecified atom stereocenters. The Labute approximate surface area is 202 Å². The number of ether oxygens (including phenoxy) is 1.